The lowest BCUT2D eigenvalue weighted by atomic mass is 10.2. The van der Waals surface area contributed by atoms with E-state index in [-0.39, 0.29) is 25.8 Å². The predicted molar refractivity (Wildman–Crippen MR) is 78.5 cm³/mol. The van der Waals surface area contributed by atoms with Crippen LogP contribution in [0.4, 0.5) is 14.5 Å². The number of carbonyl (C=O) groups is 1. The summed E-state index contributed by atoms with van der Waals surface area (Å²) in [5, 5.41) is 2.17. The first kappa shape index (κ1) is 15.2. The number of carbonyl (C=O) groups excluding carboxylic acids is 1. The van der Waals surface area contributed by atoms with Crippen LogP contribution in [-0.2, 0) is 0 Å². The van der Waals surface area contributed by atoms with Crippen molar-refractivity contribution < 1.29 is 13.6 Å². The van der Waals surface area contributed by atoms with Crippen LogP contribution in [0.5, 0.6) is 0 Å². The Labute approximate surface area is 131 Å². The van der Waals surface area contributed by atoms with Gasteiger partial charge >= 0.3 is 0 Å². The van der Waals surface area contributed by atoms with Gasteiger partial charge in [-0.1, -0.05) is 29.3 Å². The molecule has 0 unspecified atom stereocenters. The largest absolute Gasteiger partial charge is 0.320 e. The van der Waals surface area contributed by atoms with Gasteiger partial charge in [-0.25, -0.2) is 8.78 Å². The van der Waals surface area contributed by atoms with Crippen LogP contribution in [0, 0.1) is 11.6 Å². The van der Waals surface area contributed by atoms with E-state index in [2.05, 4.69) is 21.2 Å². The Kier molecular flexibility index (Phi) is 4.62. The van der Waals surface area contributed by atoms with Gasteiger partial charge in [0, 0.05) is 4.47 Å². The number of amides is 1. The van der Waals surface area contributed by atoms with E-state index in [1.54, 1.807) is 0 Å². The first-order valence-electron chi connectivity index (χ1n) is 5.30. The Balaban J connectivity index is 2.36. The van der Waals surface area contributed by atoms with Gasteiger partial charge in [0.25, 0.3) is 5.91 Å². The van der Waals surface area contributed by atoms with Gasteiger partial charge in [-0.15, -0.1) is 0 Å². The fourth-order valence-electron chi connectivity index (χ4n) is 1.52. The van der Waals surface area contributed by atoms with Gasteiger partial charge in [0.2, 0.25) is 0 Å². The average Bonchev–Trinajstić information content (AvgIpc) is 2.36. The van der Waals surface area contributed by atoms with E-state index in [0.717, 1.165) is 18.2 Å². The lowest BCUT2D eigenvalue weighted by Crippen LogP contribution is -2.13. The third kappa shape index (κ3) is 3.11. The smallest absolute Gasteiger partial charge is 0.257 e. The van der Waals surface area contributed by atoms with E-state index < -0.39 is 17.5 Å². The molecule has 2 aromatic carbocycles. The maximum atomic E-state index is 13.3. The zero-order chi connectivity index (χ0) is 14.9. The maximum Gasteiger partial charge on any atom is 0.257 e. The molecule has 1 N–H and O–H groups in total. The molecule has 0 atom stereocenters. The van der Waals surface area contributed by atoms with E-state index >= 15 is 0 Å². The van der Waals surface area contributed by atoms with Crippen molar-refractivity contribution >= 4 is 50.7 Å². The van der Waals surface area contributed by atoms with E-state index in [4.69, 9.17) is 23.2 Å². The van der Waals surface area contributed by atoms with Crippen molar-refractivity contribution in [1.29, 1.82) is 0 Å². The molecule has 7 heteroatoms. The van der Waals surface area contributed by atoms with E-state index in [9.17, 15) is 13.6 Å². The minimum absolute atomic E-state index is 0.0118. The van der Waals surface area contributed by atoms with Crippen LogP contribution in [0.2, 0.25) is 10.0 Å². The van der Waals surface area contributed by atoms with Crippen LogP contribution < -0.4 is 5.32 Å². The molecule has 2 nitrogen and oxygen atoms in total. The molecular weight excluding hydrogens is 375 g/mol. The number of benzene rings is 2. The first-order valence-corrected chi connectivity index (χ1v) is 6.85. The molecule has 0 saturated heterocycles. The fourth-order valence-corrected chi connectivity index (χ4v) is 2.63. The number of anilines is 1. The monoisotopic (exact) mass is 379 g/mol. The minimum Gasteiger partial charge on any atom is -0.320 e. The summed E-state index contributed by atoms with van der Waals surface area (Å²) in [6, 6.07) is 6.06. The molecule has 2 aromatic rings. The number of hydrogen-bond acceptors (Lipinski definition) is 1. The molecule has 0 aromatic heterocycles. The molecule has 104 valence electrons. The van der Waals surface area contributed by atoms with Gasteiger partial charge in [-0.2, -0.15) is 0 Å². The summed E-state index contributed by atoms with van der Waals surface area (Å²) in [5.74, 6) is -1.91. The number of nitrogens with one attached hydrogen (secondary N) is 1. The Hall–Kier alpha value is -1.17. The zero-order valence-corrected chi connectivity index (χ0v) is 12.8. The summed E-state index contributed by atoms with van der Waals surface area (Å²) in [5.41, 5.74) is 0.136. The zero-order valence-electron chi connectivity index (χ0n) is 9.68. The van der Waals surface area contributed by atoms with E-state index in [0.29, 0.717) is 0 Å². The van der Waals surface area contributed by atoms with Crippen molar-refractivity contribution in [3.05, 3.63) is 62.0 Å². The highest BCUT2D eigenvalue weighted by molar-refractivity contribution is 9.10. The highest BCUT2D eigenvalue weighted by Gasteiger charge is 2.16. The van der Waals surface area contributed by atoms with Crippen molar-refractivity contribution in [2.45, 2.75) is 0 Å². The number of hydrogen-bond donors (Lipinski definition) is 1. The molecule has 0 radical (unpaired) electrons. The molecule has 0 aliphatic heterocycles. The average molecular weight is 381 g/mol. The van der Waals surface area contributed by atoms with Gasteiger partial charge in [0.1, 0.15) is 11.6 Å². The molecule has 0 fully saturated rings. The second-order valence-corrected chi connectivity index (χ2v) is 5.44. The standard InChI is InChI=1S/C13H6BrCl2F2NO/c14-8-4-6(17)5-9(15)12(8)19-13(20)7-2-1-3-10(18)11(7)16/h1-5H,(H,19,20). The molecule has 2 rings (SSSR count). The molecular formula is C13H6BrCl2F2NO. The Bertz CT molecular complexity index is 671. The topological polar surface area (TPSA) is 29.1 Å². The SMILES string of the molecule is O=C(Nc1c(Cl)cc(F)cc1Br)c1cccc(F)c1Cl. The molecule has 0 aliphatic rings. The highest BCUT2D eigenvalue weighted by Crippen LogP contribution is 2.32. The molecule has 20 heavy (non-hydrogen) atoms. The van der Waals surface area contributed by atoms with Crippen molar-refractivity contribution in [1.82, 2.24) is 0 Å². The third-order valence-electron chi connectivity index (χ3n) is 2.44. The quantitative estimate of drug-likeness (QED) is 0.753. The lowest BCUT2D eigenvalue weighted by molar-refractivity contribution is 0.102. The van der Waals surface area contributed by atoms with Gasteiger partial charge in [0.15, 0.2) is 0 Å². The van der Waals surface area contributed by atoms with E-state index in [1.807, 2.05) is 0 Å². The van der Waals surface area contributed by atoms with Gasteiger partial charge in [-0.3, -0.25) is 4.79 Å². The highest BCUT2D eigenvalue weighted by atomic mass is 79.9. The van der Waals surface area contributed by atoms with Crippen LogP contribution in [-0.4, -0.2) is 5.91 Å². The van der Waals surface area contributed by atoms with Crippen molar-refractivity contribution in [3.63, 3.8) is 0 Å². The minimum atomic E-state index is -0.705. The first-order chi connectivity index (χ1) is 9.40. The molecule has 0 bridgehead atoms. The molecule has 0 saturated carbocycles. The second kappa shape index (κ2) is 6.08. The summed E-state index contributed by atoms with van der Waals surface area (Å²) in [4.78, 5) is 12.0. The lowest BCUT2D eigenvalue weighted by Gasteiger charge is -2.10. The summed E-state index contributed by atoms with van der Waals surface area (Å²) >= 11 is 14.6. The summed E-state index contributed by atoms with van der Waals surface area (Å²) in [6.45, 7) is 0. The summed E-state index contributed by atoms with van der Waals surface area (Å²) in [6.07, 6.45) is 0. The van der Waals surface area contributed by atoms with Gasteiger partial charge in [0.05, 0.1) is 21.3 Å². The Morgan fingerprint density at radius 2 is 1.90 bits per heavy atom. The van der Waals surface area contributed by atoms with Crippen LogP contribution in [0.1, 0.15) is 10.4 Å². The normalized spacial score (nSPS) is 10.4. The van der Waals surface area contributed by atoms with Crippen LogP contribution in [0.25, 0.3) is 0 Å². The Morgan fingerprint density at radius 1 is 1.20 bits per heavy atom. The maximum absolute atomic E-state index is 13.3. The van der Waals surface area contributed by atoms with Gasteiger partial charge < -0.3 is 5.32 Å². The number of halogens is 5. The van der Waals surface area contributed by atoms with Crippen molar-refractivity contribution in [2.24, 2.45) is 0 Å². The second-order valence-electron chi connectivity index (χ2n) is 3.80. The number of rotatable bonds is 2. The summed E-state index contributed by atoms with van der Waals surface area (Å²) in [7, 11) is 0. The van der Waals surface area contributed by atoms with Crippen LogP contribution >= 0.6 is 39.1 Å². The van der Waals surface area contributed by atoms with Crippen molar-refractivity contribution in [3.8, 4) is 0 Å². The Morgan fingerprint density at radius 3 is 2.55 bits per heavy atom. The summed E-state index contributed by atoms with van der Waals surface area (Å²) < 4.78 is 26.6. The van der Waals surface area contributed by atoms with Gasteiger partial charge in [-0.05, 0) is 40.2 Å². The van der Waals surface area contributed by atoms with Crippen molar-refractivity contribution in [2.75, 3.05) is 5.32 Å². The predicted octanol–water partition coefficient (Wildman–Crippen LogP) is 5.29. The van der Waals surface area contributed by atoms with E-state index in [1.165, 1.54) is 12.1 Å². The molecule has 0 aliphatic carbocycles. The third-order valence-corrected chi connectivity index (χ3v) is 3.75. The fraction of sp³-hybridized carbons (Fsp3) is 0. The molecule has 0 heterocycles. The van der Waals surface area contributed by atoms with Crippen LogP contribution in [0.15, 0.2) is 34.8 Å². The molecule has 1 amide bonds. The van der Waals surface area contributed by atoms with Crippen LogP contribution in [0.3, 0.4) is 0 Å². The molecule has 0 spiro atoms.